The summed E-state index contributed by atoms with van der Waals surface area (Å²) in [5.74, 6) is -3.69. The van der Waals surface area contributed by atoms with Gasteiger partial charge in [0.2, 0.25) is 5.91 Å². The predicted octanol–water partition coefficient (Wildman–Crippen LogP) is 7.73. The number of hydrogen-bond acceptors (Lipinski definition) is 9. The van der Waals surface area contributed by atoms with E-state index < -0.39 is 47.6 Å². The Labute approximate surface area is 331 Å². The number of ketones is 1. The van der Waals surface area contributed by atoms with Gasteiger partial charge in [0, 0.05) is 49.7 Å². The van der Waals surface area contributed by atoms with Crippen LogP contribution in [0, 0.1) is 29.5 Å². The molecule has 2 aromatic rings. The maximum absolute atomic E-state index is 14.6. The molecule has 0 bridgehead atoms. The molecule has 308 valence electrons. The van der Waals surface area contributed by atoms with Crippen LogP contribution in [0.25, 0.3) is 0 Å². The number of likely N-dealkylation sites (tertiary alicyclic amines) is 1. The van der Waals surface area contributed by atoms with Gasteiger partial charge in [-0.25, -0.2) is 9.37 Å². The van der Waals surface area contributed by atoms with Crippen LogP contribution in [-0.4, -0.2) is 87.7 Å². The lowest BCUT2D eigenvalue weighted by Crippen LogP contribution is -2.50. The Morgan fingerprint density at radius 1 is 1.07 bits per heavy atom. The Bertz CT molecular complexity index is 1550. The maximum Gasteiger partial charge on any atom is 0.306 e. The fourth-order valence-electron chi connectivity index (χ4n) is 7.35. The topological polar surface area (TPSA) is 146 Å². The first-order valence-electron chi connectivity index (χ1n) is 19.5. The van der Waals surface area contributed by atoms with Crippen LogP contribution < -0.4 is 5.32 Å². The second kappa shape index (κ2) is 22.7. The molecule has 2 unspecified atom stereocenters. The van der Waals surface area contributed by atoms with Gasteiger partial charge >= 0.3 is 11.9 Å². The summed E-state index contributed by atoms with van der Waals surface area (Å²) in [5.41, 5.74) is 0.824. The molecular weight excluding hydrogens is 724 g/mol. The van der Waals surface area contributed by atoms with E-state index in [1.807, 2.05) is 46.6 Å². The van der Waals surface area contributed by atoms with Gasteiger partial charge in [-0.15, -0.1) is 11.3 Å². The lowest BCUT2D eigenvalue weighted by Gasteiger charge is -2.39. The summed E-state index contributed by atoms with van der Waals surface area (Å²) in [6.07, 6.45) is 4.31. The third kappa shape index (κ3) is 14.1. The van der Waals surface area contributed by atoms with Crippen molar-refractivity contribution in [1.82, 2.24) is 20.1 Å². The molecule has 1 aromatic carbocycles. The molecule has 3 rings (SSSR count). The average Bonchev–Trinajstić information content (AvgIpc) is 3.62. The zero-order chi connectivity index (χ0) is 40.1. The number of carbonyl (C=O) groups is 5. The summed E-state index contributed by atoms with van der Waals surface area (Å²) in [6, 6.07) is 4.71. The number of rotatable bonds is 21. The Morgan fingerprint density at radius 3 is 2.31 bits per heavy atom. The Balaban J connectivity index is 0.0000105. The van der Waals surface area contributed by atoms with Crippen LogP contribution in [0.2, 0.25) is 0 Å². The van der Waals surface area contributed by atoms with Gasteiger partial charge in [-0.2, -0.15) is 0 Å². The largest absolute Gasteiger partial charge is 0.481 e. The predicted molar refractivity (Wildman–Crippen MR) is 214 cm³/mol. The molecule has 55 heavy (non-hydrogen) atoms. The van der Waals surface area contributed by atoms with E-state index in [0.29, 0.717) is 18.0 Å². The van der Waals surface area contributed by atoms with E-state index >= 15 is 0 Å². The minimum absolute atomic E-state index is 0. The average molecular weight is 789 g/mol. The van der Waals surface area contributed by atoms with Gasteiger partial charge in [0.25, 0.3) is 5.91 Å². The van der Waals surface area contributed by atoms with Gasteiger partial charge in [0.1, 0.15) is 16.5 Å². The summed E-state index contributed by atoms with van der Waals surface area (Å²) in [4.78, 5) is 74.6. The first-order chi connectivity index (χ1) is 25.6. The summed E-state index contributed by atoms with van der Waals surface area (Å²) < 4.78 is 19.4. The number of thiazole rings is 1. The number of aliphatic carboxylic acids is 1. The van der Waals surface area contributed by atoms with Crippen LogP contribution in [0.15, 0.2) is 29.6 Å². The molecule has 13 heteroatoms. The van der Waals surface area contributed by atoms with Crippen molar-refractivity contribution in [3.05, 3.63) is 51.7 Å². The number of piperidine rings is 1. The zero-order valence-electron chi connectivity index (χ0n) is 33.3. The number of nitrogens with zero attached hydrogens (tertiary/aromatic N) is 3. The molecule has 1 aliphatic heterocycles. The van der Waals surface area contributed by atoms with E-state index in [-0.39, 0.29) is 74.4 Å². The third-order valence-electron chi connectivity index (χ3n) is 10.7. The van der Waals surface area contributed by atoms with Gasteiger partial charge in [-0.3, -0.25) is 28.9 Å². The summed E-state index contributed by atoms with van der Waals surface area (Å²) >= 11 is 1.17. The molecule has 0 spiro atoms. The van der Waals surface area contributed by atoms with Gasteiger partial charge in [-0.1, -0.05) is 73.9 Å². The van der Waals surface area contributed by atoms with Crippen LogP contribution in [0.4, 0.5) is 4.39 Å². The van der Waals surface area contributed by atoms with Crippen molar-refractivity contribution in [2.24, 2.45) is 23.7 Å². The number of amides is 2. The molecule has 1 saturated heterocycles. The number of ether oxygens (including phenoxy) is 1. The Morgan fingerprint density at radius 2 is 1.75 bits per heavy atom. The number of carbonyl (C=O) groups excluding carboxylic acids is 4. The standard InChI is InChI=1S/C41H61FN4O7S.CH4/c1-9-18-46(40(50)32(26(5)10-2)22-36(48)34-13-11-12-19-45(34)8)35(25(3)4)23-37(53-28(7)47)39-44-33(24-54-39)38(49)43-31(20-27(6)41(51)52)21-29-14-16-30(42)17-15-29;/h14-17,24-27,31-32,34-35,37H,9-13,18-23H2,1-8H3,(H,43,49)(H,51,52);1H4/t26-,27-,31+,32?,34?,35+,37+;/m0./s1. The highest BCUT2D eigenvalue weighted by Gasteiger charge is 2.39. The van der Waals surface area contributed by atoms with Gasteiger partial charge < -0.3 is 20.1 Å². The first kappa shape index (κ1) is 47.4. The van der Waals surface area contributed by atoms with Crippen molar-refractivity contribution < 1.29 is 38.2 Å². The number of aromatic nitrogens is 1. The Kier molecular flexibility index (Phi) is 19.6. The molecule has 2 amide bonds. The van der Waals surface area contributed by atoms with Gasteiger partial charge in [0.05, 0.1) is 12.0 Å². The zero-order valence-corrected chi connectivity index (χ0v) is 34.1. The lowest BCUT2D eigenvalue weighted by molar-refractivity contribution is -0.150. The highest BCUT2D eigenvalue weighted by molar-refractivity contribution is 7.09. The van der Waals surface area contributed by atoms with Gasteiger partial charge in [0.15, 0.2) is 11.9 Å². The quantitative estimate of drug-likeness (QED) is 0.121. The number of nitrogens with one attached hydrogen (secondary N) is 1. The van der Waals surface area contributed by atoms with Crippen molar-refractivity contribution in [3.8, 4) is 0 Å². The number of carboxylic acid groups (broad SMARTS) is 1. The van der Waals surface area contributed by atoms with E-state index in [4.69, 9.17) is 4.74 Å². The summed E-state index contributed by atoms with van der Waals surface area (Å²) in [6.45, 7) is 14.3. The van der Waals surface area contributed by atoms with Crippen molar-refractivity contribution in [2.45, 2.75) is 138 Å². The van der Waals surface area contributed by atoms with E-state index in [1.165, 1.54) is 30.4 Å². The normalized spacial score (nSPS) is 17.9. The van der Waals surface area contributed by atoms with Crippen LogP contribution in [0.3, 0.4) is 0 Å². The molecule has 1 fully saturated rings. The number of carboxylic acids is 1. The maximum atomic E-state index is 14.6. The molecule has 1 aliphatic rings. The first-order valence-corrected chi connectivity index (χ1v) is 20.4. The highest BCUT2D eigenvalue weighted by atomic mass is 32.1. The van der Waals surface area contributed by atoms with E-state index in [0.717, 1.165) is 37.8 Å². The summed E-state index contributed by atoms with van der Waals surface area (Å²) in [7, 11) is 1.98. The van der Waals surface area contributed by atoms with Crippen LogP contribution in [0.1, 0.15) is 134 Å². The monoisotopic (exact) mass is 788 g/mol. The molecule has 1 aromatic heterocycles. The number of hydrogen-bond donors (Lipinski definition) is 2. The molecule has 2 heterocycles. The van der Waals surface area contributed by atoms with E-state index in [9.17, 15) is 33.5 Å². The number of halogens is 1. The fraction of sp³-hybridized carbons (Fsp3) is 0.667. The third-order valence-corrected chi connectivity index (χ3v) is 11.6. The van der Waals surface area contributed by atoms with Crippen molar-refractivity contribution in [3.63, 3.8) is 0 Å². The molecule has 0 saturated carbocycles. The molecule has 0 radical (unpaired) electrons. The van der Waals surface area contributed by atoms with Crippen molar-refractivity contribution in [1.29, 1.82) is 0 Å². The molecule has 0 aliphatic carbocycles. The smallest absolute Gasteiger partial charge is 0.306 e. The van der Waals surface area contributed by atoms with Crippen molar-refractivity contribution in [2.75, 3.05) is 20.1 Å². The number of Topliss-reactive ketones (excluding diaryl/α,β-unsaturated/α-hetero) is 1. The minimum Gasteiger partial charge on any atom is -0.481 e. The second-order valence-corrected chi connectivity index (χ2v) is 16.3. The van der Waals surface area contributed by atoms with Crippen LogP contribution in [-0.2, 0) is 30.3 Å². The summed E-state index contributed by atoms with van der Waals surface area (Å²) in [5, 5.41) is 14.4. The second-order valence-electron chi connectivity index (χ2n) is 15.4. The lowest BCUT2D eigenvalue weighted by atomic mass is 9.82. The molecule has 11 nitrogen and oxygen atoms in total. The number of benzene rings is 1. The molecular formula is C42H65FN4O7S. The number of esters is 1. The molecule has 7 atom stereocenters. The van der Waals surface area contributed by atoms with E-state index in [1.54, 1.807) is 24.4 Å². The SMILES string of the molecule is C.CCCN(C(=O)C(CC(=O)C1CCCCN1C)[C@@H](C)CC)[C@H](C[C@@H](OC(C)=O)c1nc(C(=O)N[C@@H](Cc2ccc(F)cc2)C[C@H](C)C(=O)O)cs1)C(C)C. The number of likely N-dealkylation sites (N-methyl/N-ethyl adjacent to an activating group) is 1. The fourth-order valence-corrected chi connectivity index (χ4v) is 8.19. The van der Waals surface area contributed by atoms with Crippen molar-refractivity contribution >= 4 is 40.9 Å². The highest BCUT2D eigenvalue weighted by Crippen LogP contribution is 2.33. The Hall–Kier alpha value is -3.71. The van der Waals surface area contributed by atoms with E-state index in [2.05, 4.69) is 15.2 Å². The van der Waals surface area contributed by atoms with Crippen LogP contribution in [0.5, 0.6) is 0 Å². The van der Waals surface area contributed by atoms with Crippen LogP contribution >= 0.6 is 11.3 Å². The molecule has 2 N–H and O–H groups in total. The van der Waals surface area contributed by atoms with Gasteiger partial charge in [-0.05, 0) is 75.2 Å². The minimum atomic E-state index is -0.997.